The van der Waals surface area contributed by atoms with Gasteiger partial charge in [-0.1, -0.05) is 0 Å². The molecular weight excluding hydrogens is 340 g/mol. The molecule has 1 aromatic rings. The summed E-state index contributed by atoms with van der Waals surface area (Å²) in [6, 6.07) is 4.12. The van der Waals surface area contributed by atoms with Crippen molar-refractivity contribution in [3.05, 3.63) is 30.1 Å². The quantitative estimate of drug-likeness (QED) is 0.806. The van der Waals surface area contributed by atoms with E-state index in [1.807, 2.05) is 12.1 Å². The van der Waals surface area contributed by atoms with E-state index in [4.69, 9.17) is 4.74 Å². The Morgan fingerprint density at radius 2 is 1.89 bits per heavy atom. The minimum absolute atomic E-state index is 0.133. The van der Waals surface area contributed by atoms with Crippen LogP contribution in [0.2, 0.25) is 0 Å². The molecule has 4 aliphatic heterocycles. The van der Waals surface area contributed by atoms with E-state index in [9.17, 15) is 4.79 Å². The number of carbonyl (C=O) groups excluding carboxylic acids is 1. The van der Waals surface area contributed by atoms with Crippen molar-refractivity contribution in [1.29, 1.82) is 0 Å². The van der Waals surface area contributed by atoms with E-state index in [0.29, 0.717) is 12.0 Å². The van der Waals surface area contributed by atoms with Gasteiger partial charge in [-0.05, 0) is 44.7 Å². The molecule has 27 heavy (non-hydrogen) atoms. The predicted octanol–water partition coefficient (Wildman–Crippen LogP) is 1.73. The van der Waals surface area contributed by atoms with Crippen molar-refractivity contribution in [1.82, 2.24) is 19.7 Å². The molecule has 4 fully saturated rings. The number of hydrogen-bond donors (Lipinski definition) is 0. The molecular formula is C21H32N4O2. The minimum atomic E-state index is 0.133. The molecule has 5 heterocycles. The third kappa shape index (κ3) is 4.18. The molecule has 4 aliphatic rings. The molecule has 2 atom stereocenters. The highest BCUT2D eigenvalue weighted by molar-refractivity contribution is 5.94. The standard InChI is InChI=1S/C21H32N4O2/c1-21(2,25-9-11-27-12-10-25)16-24-14-17-3-4-19(24)15-23(13-17)20(26)18-5-7-22-8-6-18/h5-8,17,19H,3-4,9-16H2,1-2H3/t17-,19+/m1/s1. The van der Waals surface area contributed by atoms with Crippen molar-refractivity contribution < 1.29 is 9.53 Å². The zero-order chi connectivity index (χ0) is 18.9. The molecule has 4 saturated heterocycles. The van der Waals surface area contributed by atoms with Gasteiger partial charge in [0, 0.05) is 68.8 Å². The van der Waals surface area contributed by atoms with Gasteiger partial charge in [0.2, 0.25) is 0 Å². The molecule has 0 N–H and O–H groups in total. The minimum Gasteiger partial charge on any atom is -0.379 e. The Kier molecular flexibility index (Phi) is 5.48. The van der Waals surface area contributed by atoms with E-state index >= 15 is 0 Å². The summed E-state index contributed by atoms with van der Waals surface area (Å²) < 4.78 is 5.53. The van der Waals surface area contributed by atoms with E-state index < -0.39 is 0 Å². The van der Waals surface area contributed by atoms with Crippen LogP contribution in [0, 0.1) is 5.92 Å². The van der Waals surface area contributed by atoms with Gasteiger partial charge in [0.05, 0.1) is 13.2 Å². The summed E-state index contributed by atoms with van der Waals surface area (Å²) in [5.41, 5.74) is 0.889. The van der Waals surface area contributed by atoms with Gasteiger partial charge in [-0.25, -0.2) is 0 Å². The number of nitrogens with zero attached hydrogens (tertiary/aromatic N) is 4. The van der Waals surface area contributed by atoms with Crippen LogP contribution >= 0.6 is 0 Å². The summed E-state index contributed by atoms with van der Waals surface area (Å²) in [6.07, 6.45) is 5.84. The number of ether oxygens (including phenoxy) is 1. The van der Waals surface area contributed by atoms with Crippen molar-refractivity contribution in [2.45, 2.75) is 38.3 Å². The van der Waals surface area contributed by atoms with Crippen molar-refractivity contribution in [2.75, 3.05) is 52.5 Å². The largest absolute Gasteiger partial charge is 0.379 e. The number of aromatic nitrogens is 1. The number of rotatable bonds is 4. The zero-order valence-electron chi connectivity index (χ0n) is 16.6. The van der Waals surface area contributed by atoms with Crippen LogP contribution in [-0.2, 0) is 4.74 Å². The number of morpholine rings is 1. The highest BCUT2D eigenvalue weighted by Gasteiger charge is 2.40. The van der Waals surface area contributed by atoms with Crippen LogP contribution in [0.5, 0.6) is 0 Å². The Labute approximate surface area is 162 Å². The fourth-order valence-electron chi connectivity index (χ4n) is 4.98. The van der Waals surface area contributed by atoms with Gasteiger partial charge in [0.25, 0.3) is 5.91 Å². The Bertz CT molecular complexity index is 645. The number of amides is 1. The Hall–Kier alpha value is -1.50. The second-order valence-electron chi connectivity index (χ2n) is 8.88. The first-order chi connectivity index (χ1) is 13.0. The van der Waals surface area contributed by atoms with Gasteiger partial charge in [0.15, 0.2) is 0 Å². The van der Waals surface area contributed by atoms with E-state index in [-0.39, 0.29) is 11.4 Å². The molecule has 2 bridgehead atoms. The molecule has 1 aromatic heterocycles. The van der Waals surface area contributed by atoms with Crippen LogP contribution in [-0.4, -0.2) is 89.7 Å². The topological polar surface area (TPSA) is 48.9 Å². The maximum Gasteiger partial charge on any atom is 0.254 e. The van der Waals surface area contributed by atoms with Crippen LogP contribution in [0.4, 0.5) is 0 Å². The fraction of sp³-hybridized carbons (Fsp3) is 0.714. The summed E-state index contributed by atoms with van der Waals surface area (Å²) in [6.45, 7) is 12.3. The van der Waals surface area contributed by atoms with E-state index in [0.717, 1.165) is 58.0 Å². The molecule has 0 saturated carbocycles. The average molecular weight is 373 g/mol. The van der Waals surface area contributed by atoms with E-state index in [1.54, 1.807) is 12.4 Å². The van der Waals surface area contributed by atoms with Crippen molar-refractivity contribution >= 4 is 5.91 Å². The first kappa shape index (κ1) is 18.8. The predicted molar refractivity (Wildman–Crippen MR) is 105 cm³/mol. The SMILES string of the molecule is CC(C)(CN1C[C@@H]2CC[C@H]1CN(C(=O)c1ccncc1)C2)N1CCOCC1. The molecule has 148 valence electrons. The van der Waals surface area contributed by atoms with Crippen LogP contribution in [0.15, 0.2) is 24.5 Å². The lowest BCUT2D eigenvalue weighted by atomic mass is 9.92. The molecule has 0 aliphatic carbocycles. The molecule has 5 rings (SSSR count). The summed E-state index contributed by atoms with van der Waals surface area (Å²) in [5, 5.41) is 0. The zero-order valence-corrected chi connectivity index (χ0v) is 16.6. The third-order valence-corrected chi connectivity index (χ3v) is 6.50. The van der Waals surface area contributed by atoms with Crippen LogP contribution in [0.25, 0.3) is 0 Å². The highest BCUT2D eigenvalue weighted by Crippen LogP contribution is 2.31. The van der Waals surface area contributed by atoms with Gasteiger partial charge >= 0.3 is 0 Å². The Morgan fingerprint density at radius 1 is 1.15 bits per heavy atom. The van der Waals surface area contributed by atoms with Crippen molar-refractivity contribution in [3.63, 3.8) is 0 Å². The summed E-state index contributed by atoms with van der Waals surface area (Å²) in [5.74, 6) is 0.735. The van der Waals surface area contributed by atoms with Crippen LogP contribution < -0.4 is 0 Å². The molecule has 6 heteroatoms. The monoisotopic (exact) mass is 372 g/mol. The second kappa shape index (κ2) is 7.86. The fourth-order valence-corrected chi connectivity index (χ4v) is 4.98. The lowest BCUT2D eigenvalue weighted by molar-refractivity contribution is -0.0309. The Balaban J connectivity index is 1.44. The molecule has 0 aromatic carbocycles. The average Bonchev–Trinajstić information content (AvgIpc) is 3.00. The van der Waals surface area contributed by atoms with Gasteiger partial charge in [-0.15, -0.1) is 0 Å². The normalized spacial score (nSPS) is 27.6. The second-order valence-corrected chi connectivity index (χ2v) is 8.88. The number of piperidine rings is 1. The van der Waals surface area contributed by atoms with Gasteiger partial charge in [-0.3, -0.25) is 19.6 Å². The first-order valence-corrected chi connectivity index (χ1v) is 10.3. The maximum atomic E-state index is 13.0. The van der Waals surface area contributed by atoms with E-state index in [1.165, 1.54) is 12.8 Å². The lowest BCUT2D eigenvalue weighted by Gasteiger charge is -2.46. The number of hydrogen-bond acceptors (Lipinski definition) is 5. The summed E-state index contributed by atoms with van der Waals surface area (Å²) >= 11 is 0. The molecule has 6 nitrogen and oxygen atoms in total. The number of fused-ring (bicyclic) bond motifs is 4. The molecule has 0 spiro atoms. The van der Waals surface area contributed by atoms with Gasteiger partial charge in [-0.2, -0.15) is 0 Å². The van der Waals surface area contributed by atoms with Crippen LogP contribution in [0.3, 0.4) is 0 Å². The molecule has 0 radical (unpaired) electrons. The van der Waals surface area contributed by atoms with Gasteiger partial charge < -0.3 is 9.64 Å². The molecule has 0 unspecified atom stereocenters. The first-order valence-electron chi connectivity index (χ1n) is 10.3. The lowest BCUT2D eigenvalue weighted by Crippen LogP contribution is -2.58. The summed E-state index contributed by atoms with van der Waals surface area (Å²) in [7, 11) is 0. The number of carbonyl (C=O) groups is 1. The number of pyridine rings is 1. The summed E-state index contributed by atoms with van der Waals surface area (Å²) in [4.78, 5) is 24.3. The van der Waals surface area contributed by atoms with Crippen molar-refractivity contribution in [2.24, 2.45) is 5.92 Å². The van der Waals surface area contributed by atoms with Crippen LogP contribution in [0.1, 0.15) is 37.0 Å². The van der Waals surface area contributed by atoms with Crippen molar-refractivity contribution in [3.8, 4) is 0 Å². The maximum absolute atomic E-state index is 13.0. The highest BCUT2D eigenvalue weighted by atomic mass is 16.5. The molecule has 1 amide bonds. The Morgan fingerprint density at radius 3 is 2.63 bits per heavy atom. The third-order valence-electron chi connectivity index (χ3n) is 6.50. The van der Waals surface area contributed by atoms with E-state index in [2.05, 4.69) is 33.5 Å². The smallest absolute Gasteiger partial charge is 0.254 e. The van der Waals surface area contributed by atoms with Gasteiger partial charge in [0.1, 0.15) is 0 Å².